The SMILES string of the molecule is Cc1ccc([C@H]2Nc3ccccc3NC3=C2C(=O)O[C@H](C)C3)cc1. The van der Waals surface area contributed by atoms with Crippen LogP contribution in [0.3, 0.4) is 0 Å². The Labute approximate surface area is 141 Å². The summed E-state index contributed by atoms with van der Waals surface area (Å²) in [5.41, 5.74) is 5.84. The fourth-order valence-electron chi connectivity index (χ4n) is 3.34. The van der Waals surface area contributed by atoms with Gasteiger partial charge in [0.05, 0.1) is 23.0 Å². The van der Waals surface area contributed by atoms with E-state index in [2.05, 4.69) is 41.8 Å². The number of ether oxygens (including phenoxy) is 1. The first-order valence-corrected chi connectivity index (χ1v) is 8.25. The van der Waals surface area contributed by atoms with Gasteiger partial charge in [0.25, 0.3) is 0 Å². The minimum Gasteiger partial charge on any atom is -0.459 e. The second kappa shape index (κ2) is 5.71. The maximum Gasteiger partial charge on any atom is 0.338 e. The van der Waals surface area contributed by atoms with Gasteiger partial charge in [-0.1, -0.05) is 42.0 Å². The van der Waals surface area contributed by atoms with Crippen molar-refractivity contribution in [3.05, 3.63) is 70.9 Å². The van der Waals surface area contributed by atoms with Gasteiger partial charge in [-0.3, -0.25) is 0 Å². The van der Waals surface area contributed by atoms with Crippen LogP contribution in [0.5, 0.6) is 0 Å². The summed E-state index contributed by atoms with van der Waals surface area (Å²) in [6.07, 6.45) is 0.576. The summed E-state index contributed by atoms with van der Waals surface area (Å²) in [6, 6.07) is 16.1. The largest absolute Gasteiger partial charge is 0.459 e. The van der Waals surface area contributed by atoms with Crippen LogP contribution in [0.25, 0.3) is 0 Å². The molecule has 4 rings (SSSR count). The minimum atomic E-state index is -0.248. The highest BCUT2D eigenvalue weighted by Crippen LogP contribution is 2.40. The zero-order valence-electron chi connectivity index (χ0n) is 13.8. The molecule has 24 heavy (non-hydrogen) atoms. The van der Waals surface area contributed by atoms with Crippen LogP contribution in [-0.4, -0.2) is 12.1 Å². The van der Waals surface area contributed by atoms with Gasteiger partial charge in [0, 0.05) is 12.1 Å². The Morgan fingerprint density at radius 2 is 1.75 bits per heavy atom. The van der Waals surface area contributed by atoms with E-state index in [9.17, 15) is 4.79 Å². The normalized spacial score (nSPS) is 22.5. The molecule has 2 aliphatic heterocycles. The first-order chi connectivity index (χ1) is 11.6. The zero-order chi connectivity index (χ0) is 16.7. The number of nitrogens with one attached hydrogen (secondary N) is 2. The molecule has 0 unspecified atom stereocenters. The highest BCUT2D eigenvalue weighted by molar-refractivity contribution is 5.95. The van der Waals surface area contributed by atoms with Gasteiger partial charge < -0.3 is 15.4 Å². The van der Waals surface area contributed by atoms with Gasteiger partial charge in [-0.05, 0) is 31.5 Å². The molecular weight excluding hydrogens is 300 g/mol. The molecule has 2 heterocycles. The summed E-state index contributed by atoms with van der Waals surface area (Å²) in [5, 5.41) is 6.97. The zero-order valence-corrected chi connectivity index (χ0v) is 13.8. The Balaban J connectivity index is 1.87. The van der Waals surface area contributed by atoms with E-state index in [4.69, 9.17) is 4.74 Å². The van der Waals surface area contributed by atoms with Gasteiger partial charge in [-0.15, -0.1) is 0 Å². The molecule has 0 aromatic heterocycles. The fourth-order valence-corrected chi connectivity index (χ4v) is 3.34. The molecule has 122 valence electrons. The van der Waals surface area contributed by atoms with Crippen molar-refractivity contribution in [2.24, 2.45) is 0 Å². The van der Waals surface area contributed by atoms with Crippen LogP contribution in [0.15, 0.2) is 59.8 Å². The molecule has 0 aliphatic carbocycles. The van der Waals surface area contributed by atoms with Crippen molar-refractivity contribution in [3.63, 3.8) is 0 Å². The molecule has 4 nitrogen and oxygen atoms in total. The smallest absolute Gasteiger partial charge is 0.338 e. The van der Waals surface area contributed by atoms with E-state index in [1.54, 1.807) is 0 Å². The summed E-state index contributed by atoms with van der Waals surface area (Å²) in [5.74, 6) is -0.248. The molecule has 2 N–H and O–H groups in total. The quantitative estimate of drug-likeness (QED) is 0.775. The lowest BCUT2D eigenvalue weighted by molar-refractivity contribution is -0.145. The average Bonchev–Trinajstić information content (AvgIpc) is 2.72. The number of hydrogen-bond donors (Lipinski definition) is 2. The van der Waals surface area contributed by atoms with E-state index < -0.39 is 0 Å². The number of hydrogen-bond acceptors (Lipinski definition) is 4. The highest BCUT2D eigenvalue weighted by Gasteiger charge is 2.35. The molecule has 0 saturated heterocycles. The standard InChI is InChI=1S/C20H20N2O2/c1-12-7-9-14(10-8-12)19-18-17(11-13(2)24-20(18)23)21-15-5-3-4-6-16(15)22-19/h3-10,13,19,21-22H,11H2,1-2H3/t13-,19-/m1/s1. The van der Waals surface area contributed by atoms with Crippen LogP contribution in [0.2, 0.25) is 0 Å². The lowest BCUT2D eigenvalue weighted by Crippen LogP contribution is -2.30. The van der Waals surface area contributed by atoms with Crippen molar-refractivity contribution >= 4 is 17.3 Å². The second-order valence-corrected chi connectivity index (χ2v) is 6.47. The summed E-state index contributed by atoms with van der Waals surface area (Å²) in [7, 11) is 0. The third kappa shape index (κ3) is 2.54. The Morgan fingerprint density at radius 3 is 2.50 bits per heavy atom. The van der Waals surface area contributed by atoms with Crippen molar-refractivity contribution in [3.8, 4) is 0 Å². The number of fused-ring (bicyclic) bond motifs is 1. The van der Waals surface area contributed by atoms with Crippen molar-refractivity contribution in [1.29, 1.82) is 0 Å². The summed E-state index contributed by atoms with van der Waals surface area (Å²) in [6.45, 7) is 3.98. The van der Waals surface area contributed by atoms with E-state index in [-0.39, 0.29) is 18.1 Å². The van der Waals surface area contributed by atoms with Gasteiger partial charge in [0.2, 0.25) is 0 Å². The summed E-state index contributed by atoms with van der Waals surface area (Å²) in [4.78, 5) is 12.6. The molecule has 2 aliphatic rings. The number of aryl methyl sites for hydroxylation is 1. The number of benzene rings is 2. The second-order valence-electron chi connectivity index (χ2n) is 6.47. The molecule has 0 radical (unpaired) electrons. The first kappa shape index (κ1) is 14.8. The predicted octanol–water partition coefficient (Wildman–Crippen LogP) is 4.16. The molecule has 0 fully saturated rings. The third-order valence-electron chi connectivity index (χ3n) is 4.56. The molecule has 2 aromatic rings. The molecule has 0 amide bonds. The minimum absolute atomic E-state index is 0.118. The van der Waals surface area contributed by atoms with Crippen LogP contribution in [0.4, 0.5) is 11.4 Å². The van der Waals surface area contributed by atoms with E-state index >= 15 is 0 Å². The third-order valence-corrected chi connectivity index (χ3v) is 4.56. The first-order valence-electron chi connectivity index (χ1n) is 8.25. The van der Waals surface area contributed by atoms with E-state index in [1.165, 1.54) is 5.56 Å². The van der Waals surface area contributed by atoms with Crippen LogP contribution >= 0.6 is 0 Å². The van der Waals surface area contributed by atoms with Crippen LogP contribution < -0.4 is 10.6 Å². The Morgan fingerprint density at radius 1 is 1.04 bits per heavy atom. The van der Waals surface area contributed by atoms with E-state index in [0.29, 0.717) is 12.0 Å². The van der Waals surface area contributed by atoms with Crippen molar-refractivity contribution < 1.29 is 9.53 Å². The highest BCUT2D eigenvalue weighted by atomic mass is 16.5. The number of carbonyl (C=O) groups is 1. The lowest BCUT2D eigenvalue weighted by Gasteiger charge is -2.28. The molecular formula is C20H20N2O2. The summed E-state index contributed by atoms with van der Waals surface area (Å²) < 4.78 is 5.51. The number of cyclic esters (lactones) is 1. The maximum absolute atomic E-state index is 12.6. The van der Waals surface area contributed by atoms with Crippen LogP contribution in [-0.2, 0) is 9.53 Å². The van der Waals surface area contributed by atoms with Gasteiger partial charge in [-0.2, -0.15) is 0 Å². The van der Waals surface area contributed by atoms with E-state index in [1.807, 2.05) is 31.2 Å². The molecule has 0 saturated carbocycles. The predicted molar refractivity (Wildman–Crippen MR) is 94.8 cm³/mol. The fraction of sp³-hybridized carbons (Fsp3) is 0.250. The Hall–Kier alpha value is -2.75. The molecule has 2 aromatic carbocycles. The van der Waals surface area contributed by atoms with Crippen LogP contribution in [0.1, 0.15) is 30.5 Å². The lowest BCUT2D eigenvalue weighted by atomic mass is 9.93. The number of rotatable bonds is 1. The molecule has 0 bridgehead atoms. The van der Waals surface area contributed by atoms with Crippen molar-refractivity contribution in [1.82, 2.24) is 0 Å². The van der Waals surface area contributed by atoms with Crippen molar-refractivity contribution in [2.75, 3.05) is 10.6 Å². The topological polar surface area (TPSA) is 50.4 Å². The Bertz CT molecular complexity index is 824. The van der Waals surface area contributed by atoms with Crippen molar-refractivity contribution in [2.45, 2.75) is 32.4 Å². The van der Waals surface area contributed by atoms with Gasteiger partial charge >= 0.3 is 5.97 Å². The van der Waals surface area contributed by atoms with Gasteiger partial charge in [-0.25, -0.2) is 4.79 Å². The molecule has 0 spiro atoms. The van der Waals surface area contributed by atoms with Gasteiger partial charge in [0.1, 0.15) is 6.10 Å². The number of esters is 1. The van der Waals surface area contributed by atoms with E-state index in [0.717, 1.165) is 22.6 Å². The van der Waals surface area contributed by atoms with Crippen LogP contribution in [0, 0.1) is 6.92 Å². The maximum atomic E-state index is 12.6. The monoisotopic (exact) mass is 320 g/mol. The summed E-state index contributed by atoms with van der Waals surface area (Å²) >= 11 is 0. The molecule has 4 heteroatoms. The number of anilines is 2. The van der Waals surface area contributed by atoms with Gasteiger partial charge in [0.15, 0.2) is 0 Å². The molecule has 2 atom stereocenters. The number of para-hydroxylation sites is 2. The number of carbonyl (C=O) groups excluding carboxylic acids is 1. The average molecular weight is 320 g/mol. The Kier molecular flexibility index (Phi) is 3.53.